The first-order chi connectivity index (χ1) is 14.1. The Kier molecular flexibility index (Phi) is 8.35. The monoisotopic (exact) mass is 432 g/mol. The van der Waals surface area contributed by atoms with Gasteiger partial charge in [0.05, 0.1) is 16.1 Å². The molecule has 0 saturated carbocycles. The number of hydrogen-bond donors (Lipinski definition) is 2. The zero-order valence-electron chi connectivity index (χ0n) is 17.6. The third-order valence-corrected chi connectivity index (χ3v) is 6.08. The van der Waals surface area contributed by atoms with Crippen molar-refractivity contribution in [3.63, 3.8) is 0 Å². The molecule has 1 unspecified atom stereocenters. The van der Waals surface area contributed by atoms with E-state index < -0.39 is 20.7 Å². The highest BCUT2D eigenvalue weighted by Gasteiger charge is 2.22. The van der Waals surface area contributed by atoms with Crippen LogP contribution >= 0.6 is 0 Å². The maximum atomic E-state index is 14.7. The lowest BCUT2D eigenvalue weighted by Gasteiger charge is -2.28. The molecule has 2 aromatic rings. The van der Waals surface area contributed by atoms with Crippen molar-refractivity contribution in [3.05, 3.63) is 59.4 Å². The summed E-state index contributed by atoms with van der Waals surface area (Å²) in [5.74, 6) is -0.587. The van der Waals surface area contributed by atoms with E-state index in [9.17, 15) is 18.1 Å². The van der Waals surface area contributed by atoms with Crippen LogP contribution in [-0.2, 0) is 16.4 Å². The number of nitrogens with zero attached hydrogens (tertiary/aromatic N) is 2. The number of aryl methyl sites for hydroxylation is 1. The van der Waals surface area contributed by atoms with Gasteiger partial charge in [0.15, 0.2) is 0 Å². The molecular weight excluding hydrogens is 403 g/mol. The average molecular weight is 433 g/mol. The first-order valence-electron chi connectivity index (χ1n) is 9.83. The van der Waals surface area contributed by atoms with Crippen LogP contribution in [0.1, 0.15) is 30.9 Å². The third kappa shape index (κ3) is 6.80. The Bertz CT molecular complexity index is 988. The lowest BCUT2D eigenvalue weighted by Crippen LogP contribution is -2.30. The van der Waals surface area contributed by atoms with Crippen molar-refractivity contribution in [1.82, 2.24) is 4.90 Å². The predicted octanol–water partition coefficient (Wildman–Crippen LogP) is 3.35. The van der Waals surface area contributed by atoms with Gasteiger partial charge in [-0.2, -0.15) is 5.26 Å². The van der Waals surface area contributed by atoms with Crippen LogP contribution in [0, 0.1) is 23.1 Å². The van der Waals surface area contributed by atoms with Gasteiger partial charge >= 0.3 is 0 Å². The van der Waals surface area contributed by atoms with Crippen molar-refractivity contribution in [1.29, 1.82) is 5.26 Å². The summed E-state index contributed by atoms with van der Waals surface area (Å²) in [6.07, 6.45) is 2.68. The summed E-state index contributed by atoms with van der Waals surface area (Å²) in [4.78, 5) is 1.69. The highest BCUT2D eigenvalue weighted by molar-refractivity contribution is 7.89. The van der Waals surface area contributed by atoms with Gasteiger partial charge in [0, 0.05) is 6.04 Å². The van der Waals surface area contributed by atoms with Crippen molar-refractivity contribution >= 4 is 15.7 Å². The lowest BCUT2D eigenvalue weighted by atomic mass is 9.90. The molecule has 3 N–H and O–H groups in total. The van der Waals surface area contributed by atoms with E-state index in [1.54, 1.807) is 0 Å². The van der Waals surface area contributed by atoms with Crippen LogP contribution in [0.4, 0.5) is 10.1 Å². The van der Waals surface area contributed by atoms with E-state index in [1.165, 1.54) is 5.56 Å². The van der Waals surface area contributed by atoms with Crippen LogP contribution in [0.2, 0.25) is 0 Å². The van der Waals surface area contributed by atoms with E-state index in [4.69, 9.17) is 5.14 Å². The second kappa shape index (κ2) is 10.5. The van der Waals surface area contributed by atoms with Crippen molar-refractivity contribution in [2.75, 3.05) is 26.0 Å². The summed E-state index contributed by atoms with van der Waals surface area (Å²) in [5.41, 5.74) is 1.16. The fraction of sp³-hybridized carbons (Fsp3) is 0.409. The van der Waals surface area contributed by atoms with E-state index in [0.29, 0.717) is 0 Å². The predicted molar refractivity (Wildman–Crippen MR) is 117 cm³/mol. The van der Waals surface area contributed by atoms with Crippen LogP contribution in [-0.4, -0.2) is 40.0 Å². The number of nitrogens with two attached hydrogens (primary N) is 1. The summed E-state index contributed by atoms with van der Waals surface area (Å²) >= 11 is 0. The number of hydrogen-bond acceptors (Lipinski definition) is 5. The topological polar surface area (TPSA) is 99.2 Å². The molecule has 6 nitrogen and oxygen atoms in total. The van der Waals surface area contributed by atoms with Gasteiger partial charge in [-0.25, -0.2) is 17.9 Å². The number of rotatable bonds is 10. The number of primary sulfonamides is 1. The van der Waals surface area contributed by atoms with Crippen molar-refractivity contribution in [3.8, 4) is 6.07 Å². The summed E-state index contributed by atoms with van der Waals surface area (Å²) in [5, 5.41) is 17.6. The molecule has 0 amide bonds. The molecule has 2 rings (SSSR count). The Labute approximate surface area is 178 Å². The molecule has 0 aliphatic heterocycles. The van der Waals surface area contributed by atoms with Crippen LogP contribution in [0.15, 0.2) is 47.4 Å². The number of nitrogens with one attached hydrogen (secondary N) is 1. The van der Waals surface area contributed by atoms with Crippen molar-refractivity contribution in [2.45, 2.75) is 37.1 Å². The Balaban J connectivity index is 2.23. The first kappa shape index (κ1) is 23.8. The molecule has 30 heavy (non-hydrogen) atoms. The van der Waals surface area contributed by atoms with Crippen LogP contribution in [0.25, 0.3) is 0 Å². The maximum Gasteiger partial charge on any atom is 0.238 e. The van der Waals surface area contributed by atoms with Crippen LogP contribution in [0.3, 0.4) is 0 Å². The molecule has 2 aromatic carbocycles. The van der Waals surface area contributed by atoms with Crippen LogP contribution < -0.4 is 10.5 Å². The molecule has 0 aliphatic carbocycles. The van der Waals surface area contributed by atoms with Gasteiger partial charge in [-0.15, -0.1) is 0 Å². The summed E-state index contributed by atoms with van der Waals surface area (Å²) in [7, 11) is -0.0898. The van der Waals surface area contributed by atoms with E-state index >= 15 is 0 Å². The second-order valence-corrected chi connectivity index (χ2v) is 9.36. The average Bonchev–Trinajstić information content (AvgIpc) is 2.69. The number of benzene rings is 2. The Morgan fingerprint density at radius 2 is 1.87 bits per heavy atom. The minimum absolute atomic E-state index is 0.00645. The summed E-state index contributed by atoms with van der Waals surface area (Å²) < 4.78 is 37.8. The molecular formula is C22H29FN4O2S. The van der Waals surface area contributed by atoms with Gasteiger partial charge < -0.3 is 10.2 Å². The zero-order valence-corrected chi connectivity index (χ0v) is 18.4. The van der Waals surface area contributed by atoms with Crippen LogP contribution in [0.5, 0.6) is 0 Å². The molecule has 0 heterocycles. The fourth-order valence-corrected chi connectivity index (χ4v) is 3.94. The molecule has 0 spiro atoms. The van der Waals surface area contributed by atoms with Gasteiger partial charge in [0.2, 0.25) is 10.0 Å². The molecule has 0 aromatic heterocycles. The molecule has 8 heteroatoms. The largest absolute Gasteiger partial charge is 0.379 e. The van der Waals surface area contributed by atoms with Gasteiger partial charge in [0.25, 0.3) is 0 Å². The Morgan fingerprint density at radius 1 is 1.20 bits per heavy atom. The standard InChI is InChI=1S/C22H29FN4O2S/c1-16(18(11-12-27(2)3)10-9-17-7-5-4-6-8-17)26-22-19(15-24)13-20(14-21(22)23)30(25,28)29/h4-8,13-14,16,18,26H,9-12H2,1-3H3,(H2,25,28,29)/t16?,18-/m0/s1. The Hall–Kier alpha value is -2.47. The van der Waals surface area contributed by atoms with Gasteiger partial charge in [-0.05, 0) is 70.4 Å². The molecule has 0 saturated heterocycles. The zero-order chi connectivity index (χ0) is 22.3. The normalized spacial score (nSPS) is 13.6. The van der Waals surface area contributed by atoms with Gasteiger partial charge in [-0.3, -0.25) is 0 Å². The van der Waals surface area contributed by atoms with Crippen molar-refractivity contribution < 1.29 is 12.8 Å². The Morgan fingerprint density at radius 3 is 2.43 bits per heavy atom. The number of halogens is 1. The maximum absolute atomic E-state index is 14.7. The third-order valence-electron chi connectivity index (χ3n) is 5.19. The molecule has 162 valence electrons. The van der Waals surface area contributed by atoms with E-state index in [2.05, 4.69) is 22.3 Å². The van der Waals surface area contributed by atoms with E-state index in [0.717, 1.165) is 37.9 Å². The molecule has 2 atom stereocenters. The molecule has 0 aliphatic rings. The minimum atomic E-state index is -4.10. The number of anilines is 1. The second-order valence-electron chi connectivity index (χ2n) is 7.79. The minimum Gasteiger partial charge on any atom is -0.379 e. The summed E-state index contributed by atoms with van der Waals surface area (Å²) in [6.45, 7) is 2.84. The van der Waals surface area contributed by atoms with Gasteiger partial charge in [-0.1, -0.05) is 30.3 Å². The highest BCUT2D eigenvalue weighted by Crippen LogP contribution is 2.27. The molecule has 0 bridgehead atoms. The molecule has 0 fully saturated rings. The fourth-order valence-electron chi connectivity index (χ4n) is 3.39. The SMILES string of the molecule is CC(Nc1c(F)cc(S(N)(=O)=O)cc1C#N)[C@@H](CCc1ccccc1)CCN(C)C. The smallest absolute Gasteiger partial charge is 0.238 e. The molecule has 0 radical (unpaired) electrons. The number of nitriles is 1. The van der Waals surface area contributed by atoms with Crippen molar-refractivity contribution in [2.24, 2.45) is 11.1 Å². The quantitative estimate of drug-likeness (QED) is 0.600. The summed E-state index contributed by atoms with van der Waals surface area (Å²) in [6, 6.07) is 13.9. The first-order valence-corrected chi connectivity index (χ1v) is 11.4. The van der Waals surface area contributed by atoms with Gasteiger partial charge in [0.1, 0.15) is 11.9 Å². The number of sulfonamides is 1. The van der Waals surface area contributed by atoms with E-state index in [1.807, 2.05) is 45.3 Å². The lowest BCUT2D eigenvalue weighted by molar-refractivity contribution is 0.321. The highest BCUT2D eigenvalue weighted by atomic mass is 32.2. The van der Waals surface area contributed by atoms with E-state index in [-0.39, 0.29) is 23.2 Å².